The smallest absolute Gasteiger partial charge is 0.330 e. The number of benzene rings is 1. The van der Waals surface area contributed by atoms with Crippen LogP contribution in [-0.2, 0) is 23.9 Å². The van der Waals surface area contributed by atoms with E-state index in [0.29, 0.717) is 5.56 Å². The molecule has 0 spiro atoms. The number of nitrogens with two attached hydrogens (primary N) is 1. The Bertz CT molecular complexity index is 1390. The van der Waals surface area contributed by atoms with E-state index in [2.05, 4.69) is 0 Å². The third-order valence-electron chi connectivity index (χ3n) is 7.85. The highest BCUT2D eigenvalue weighted by Crippen LogP contribution is 2.56. The molecule has 1 aromatic rings. The summed E-state index contributed by atoms with van der Waals surface area (Å²) < 4.78 is 4.83. The van der Waals surface area contributed by atoms with Gasteiger partial charge in [0.25, 0.3) is 5.91 Å². The summed E-state index contributed by atoms with van der Waals surface area (Å²) >= 11 is 0. The summed E-state index contributed by atoms with van der Waals surface area (Å²) in [4.78, 5) is 52.3. The summed E-state index contributed by atoms with van der Waals surface area (Å²) in [6.07, 6.45) is 0.652. The predicted octanol–water partition coefficient (Wildman–Crippen LogP) is 0.708. The first-order chi connectivity index (χ1) is 18.2. The molecular weight excluding hydrogens is 524 g/mol. The summed E-state index contributed by atoms with van der Waals surface area (Å²) in [6.45, 7) is 3.39. The number of carbonyl (C=O) groups excluding carboxylic acids is 4. The Kier molecular flexibility index (Phi) is 8.04. The first-order valence-corrected chi connectivity index (χ1v) is 12.2. The van der Waals surface area contributed by atoms with Crippen LogP contribution in [0, 0.1) is 11.8 Å². The van der Waals surface area contributed by atoms with Crippen molar-refractivity contribution in [2.45, 2.75) is 44.9 Å². The molecule has 0 radical (unpaired) electrons. The van der Waals surface area contributed by atoms with Gasteiger partial charge in [0.05, 0.1) is 30.2 Å². The third kappa shape index (κ3) is 4.10. The number of rotatable bonds is 5. The number of ether oxygens (including phenoxy) is 1. The number of primary amides is 1. The van der Waals surface area contributed by atoms with Gasteiger partial charge in [0.15, 0.2) is 11.4 Å². The van der Waals surface area contributed by atoms with Gasteiger partial charge in [-0.05, 0) is 38.6 Å². The van der Waals surface area contributed by atoms with Gasteiger partial charge in [0.2, 0.25) is 5.78 Å². The maximum absolute atomic E-state index is 14.0. The van der Waals surface area contributed by atoms with Crippen molar-refractivity contribution in [1.29, 1.82) is 0 Å². The lowest BCUT2D eigenvalue weighted by Crippen LogP contribution is -2.70. The Hall–Kier alpha value is -4.00. The Labute approximate surface area is 230 Å². The second-order valence-corrected chi connectivity index (χ2v) is 10.1. The van der Waals surface area contributed by atoms with E-state index in [0.717, 1.165) is 6.08 Å². The summed E-state index contributed by atoms with van der Waals surface area (Å²) in [7, 11) is 2.87. The zero-order valence-corrected chi connectivity index (χ0v) is 21.7. The van der Waals surface area contributed by atoms with E-state index in [-0.39, 0.29) is 25.2 Å². The van der Waals surface area contributed by atoms with Gasteiger partial charge in [-0.3, -0.25) is 19.3 Å². The molecule has 0 saturated heterocycles. The number of esters is 1. The SMILES string of the molecule is C.CCOC(=O)/C=C/c1ccc2c(c1O)C(O)=C1C(=O)[C@]3(O)C(O)=C(C(N)=O)C(=O)[C@H](N(C)C)[C@@H]3[C@H](O)[C@@H]1[C@@H]2C. The van der Waals surface area contributed by atoms with Crippen LogP contribution in [-0.4, -0.2) is 92.3 Å². The molecule has 1 saturated carbocycles. The van der Waals surface area contributed by atoms with Crippen LogP contribution in [0.25, 0.3) is 11.8 Å². The topological polar surface area (TPSA) is 208 Å². The second-order valence-electron chi connectivity index (χ2n) is 10.1. The van der Waals surface area contributed by atoms with E-state index >= 15 is 0 Å². The molecule has 1 amide bonds. The normalized spacial score (nSPS) is 29.6. The van der Waals surface area contributed by atoms with Crippen molar-refractivity contribution in [1.82, 2.24) is 4.90 Å². The van der Waals surface area contributed by atoms with Crippen molar-refractivity contribution in [2.75, 3.05) is 20.7 Å². The molecule has 7 N–H and O–H groups in total. The molecule has 1 fully saturated rings. The van der Waals surface area contributed by atoms with Crippen LogP contribution in [0.3, 0.4) is 0 Å². The number of amides is 1. The maximum atomic E-state index is 14.0. The lowest BCUT2D eigenvalue weighted by Gasteiger charge is -2.53. The second kappa shape index (κ2) is 10.5. The Balaban J connectivity index is 0.00000441. The molecule has 6 atom stereocenters. The molecule has 12 nitrogen and oxygen atoms in total. The molecule has 0 bridgehead atoms. The number of phenols is 1. The quantitative estimate of drug-likeness (QED) is 0.168. The predicted molar refractivity (Wildman–Crippen MR) is 143 cm³/mol. The van der Waals surface area contributed by atoms with E-state index in [1.54, 1.807) is 19.9 Å². The summed E-state index contributed by atoms with van der Waals surface area (Å²) in [5.74, 6) is -10.3. The van der Waals surface area contributed by atoms with Gasteiger partial charge in [-0.2, -0.15) is 0 Å². The molecule has 3 aliphatic rings. The Morgan fingerprint density at radius 1 is 1.18 bits per heavy atom. The van der Waals surface area contributed by atoms with Gasteiger partial charge < -0.3 is 36.0 Å². The van der Waals surface area contributed by atoms with Gasteiger partial charge in [0.1, 0.15) is 22.8 Å². The molecule has 0 aliphatic heterocycles. The lowest BCUT2D eigenvalue weighted by atomic mass is 9.54. The van der Waals surface area contributed by atoms with E-state index in [1.807, 2.05) is 0 Å². The van der Waals surface area contributed by atoms with Crippen molar-refractivity contribution in [3.05, 3.63) is 51.8 Å². The fourth-order valence-electron chi connectivity index (χ4n) is 6.12. The number of nitrogens with zero attached hydrogens (tertiary/aromatic N) is 1. The van der Waals surface area contributed by atoms with Crippen molar-refractivity contribution in [2.24, 2.45) is 17.6 Å². The molecule has 0 heterocycles. The van der Waals surface area contributed by atoms with Gasteiger partial charge in [-0.25, -0.2) is 4.79 Å². The lowest BCUT2D eigenvalue weighted by molar-refractivity contribution is -0.169. The number of phenolic OH excluding ortho intramolecular Hbond substituents is 1. The average molecular weight is 559 g/mol. The number of hydrogen-bond donors (Lipinski definition) is 6. The maximum Gasteiger partial charge on any atom is 0.330 e. The fourth-order valence-corrected chi connectivity index (χ4v) is 6.12. The zero-order chi connectivity index (χ0) is 29.1. The van der Waals surface area contributed by atoms with Crippen LogP contribution in [0.4, 0.5) is 0 Å². The van der Waals surface area contributed by atoms with Crippen LogP contribution in [0.15, 0.2) is 35.1 Å². The first-order valence-electron chi connectivity index (χ1n) is 12.2. The fraction of sp³-hybridized carbons (Fsp3) is 0.429. The number of aromatic hydroxyl groups is 1. The number of carbonyl (C=O) groups is 4. The molecule has 40 heavy (non-hydrogen) atoms. The highest BCUT2D eigenvalue weighted by Gasteiger charge is 2.68. The molecule has 0 unspecified atom stereocenters. The van der Waals surface area contributed by atoms with E-state index < -0.39 is 87.4 Å². The minimum Gasteiger partial charge on any atom is -0.508 e. The number of likely N-dealkylation sites (N-methyl/N-ethyl adjacent to an activating group) is 1. The molecule has 1 aromatic carbocycles. The largest absolute Gasteiger partial charge is 0.508 e. The van der Waals surface area contributed by atoms with Crippen LogP contribution in [0.5, 0.6) is 5.75 Å². The van der Waals surface area contributed by atoms with Crippen LogP contribution in [0.2, 0.25) is 0 Å². The minimum absolute atomic E-state index is 0. The molecule has 12 heteroatoms. The molecule has 4 rings (SSSR count). The van der Waals surface area contributed by atoms with Crippen LogP contribution in [0.1, 0.15) is 43.9 Å². The minimum atomic E-state index is -2.99. The van der Waals surface area contributed by atoms with E-state index in [4.69, 9.17) is 10.5 Å². The highest BCUT2D eigenvalue weighted by atomic mass is 16.5. The number of aliphatic hydroxyl groups is 4. The third-order valence-corrected chi connectivity index (χ3v) is 7.85. The molecule has 3 aliphatic carbocycles. The number of aliphatic hydroxyl groups excluding tert-OH is 3. The summed E-state index contributed by atoms with van der Waals surface area (Å²) in [5.41, 5.74) is 1.13. The van der Waals surface area contributed by atoms with E-state index in [1.165, 1.54) is 31.1 Å². The van der Waals surface area contributed by atoms with Crippen molar-refractivity contribution < 1.29 is 49.4 Å². The van der Waals surface area contributed by atoms with Gasteiger partial charge >= 0.3 is 5.97 Å². The monoisotopic (exact) mass is 558 g/mol. The zero-order valence-electron chi connectivity index (χ0n) is 21.7. The standard InChI is InChI=1S/C27H30N2O10.CH4/c1-5-39-13(30)9-7-11-6-8-12-10(2)14-16(21(32)15(12)20(11)31)24(35)27(38)18(22(14)33)19(29(3)4)23(34)17(25(27)36)26(28)37;/h6-10,14,18-19,22,31-33,36,38H,5H2,1-4H3,(H2,28,37);1H4/b9-7+;/t10-,14-,18-,19-,22-,27+;/m1./s1. The number of fused-ring (bicyclic) bond motifs is 3. The summed E-state index contributed by atoms with van der Waals surface area (Å²) in [6, 6.07) is 1.61. The Morgan fingerprint density at radius 3 is 2.35 bits per heavy atom. The average Bonchev–Trinajstić information content (AvgIpc) is 2.85. The molecule has 0 aromatic heterocycles. The number of Topliss-reactive ketones (excluding diaryl/α,β-unsaturated/α-hetero) is 2. The first kappa shape index (κ1) is 30.5. The van der Waals surface area contributed by atoms with Gasteiger partial charge in [-0.15, -0.1) is 0 Å². The van der Waals surface area contributed by atoms with Gasteiger partial charge in [-0.1, -0.05) is 26.5 Å². The number of hydrogen-bond acceptors (Lipinski definition) is 11. The van der Waals surface area contributed by atoms with Crippen molar-refractivity contribution in [3.63, 3.8) is 0 Å². The van der Waals surface area contributed by atoms with Gasteiger partial charge in [0, 0.05) is 23.1 Å². The van der Waals surface area contributed by atoms with E-state index in [9.17, 15) is 44.7 Å². The highest BCUT2D eigenvalue weighted by molar-refractivity contribution is 6.24. The van der Waals surface area contributed by atoms with Crippen LogP contribution < -0.4 is 5.73 Å². The van der Waals surface area contributed by atoms with Crippen molar-refractivity contribution >= 4 is 35.3 Å². The number of ketones is 2. The van der Waals surface area contributed by atoms with Crippen LogP contribution >= 0.6 is 0 Å². The van der Waals surface area contributed by atoms with Crippen molar-refractivity contribution in [3.8, 4) is 5.75 Å². The summed E-state index contributed by atoms with van der Waals surface area (Å²) in [5, 5.41) is 56.5. The Morgan fingerprint density at radius 2 is 1.80 bits per heavy atom. The molecular formula is C28H34N2O10. The molecule has 216 valence electrons.